The number of aromatic nitrogens is 3. The summed E-state index contributed by atoms with van der Waals surface area (Å²) in [6, 6.07) is 3.98. The van der Waals surface area contributed by atoms with Crippen molar-refractivity contribution < 1.29 is 4.79 Å². The minimum Gasteiger partial charge on any atom is -0.369 e. The summed E-state index contributed by atoms with van der Waals surface area (Å²) in [4.78, 5) is 38.7. The molecule has 1 unspecified atom stereocenters. The van der Waals surface area contributed by atoms with Crippen LogP contribution in [0, 0.1) is 6.92 Å². The molecule has 3 N–H and O–H groups in total. The Morgan fingerprint density at radius 1 is 1.36 bits per heavy atom. The SMILES string of the molecule is Cc1nc(SC(C)c2nc3scc(-c4cccs4)c3c(=O)[nH]2)sc1CC(N)=O. The van der Waals surface area contributed by atoms with Crippen LogP contribution < -0.4 is 11.3 Å². The first-order valence-corrected chi connectivity index (χ1v) is 11.8. The highest BCUT2D eigenvalue weighted by atomic mass is 32.2. The normalized spacial score (nSPS) is 12.5. The highest BCUT2D eigenvalue weighted by Gasteiger charge is 2.19. The van der Waals surface area contributed by atoms with Gasteiger partial charge < -0.3 is 10.7 Å². The van der Waals surface area contributed by atoms with Crippen LogP contribution in [0.2, 0.25) is 0 Å². The third kappa shape index (κ3) is 3.77. The number of carbonyl (C=O) groups excluding carboxylic acids is 1. The second kappa shape index (κ2) is 7.78. The van der Waals surface area contributed by atoms with Gasteiger partial charge in [0.2, 0.25) is 5.91 Å². The van der Waals surface area contributed by atoms with E-state index in [1.165, 1.54) is 34.4 Å². The number of carbonyl (C=O) groups is 1. The quantitative estimate of drug-likeness (QED) is 0.427. The van der Waals surface area contributed by atoms with Crippen molar-refractivity contribution in [1.82, 2.24) is 15.0 Å². The number of hydrogen-bond acceptors (Lipinski definition) is 8. The van der Waals surface area contributed by atoms with Crippen molar-refractivity contribution in [2.45, 2.75) is 29.9 Å². The molecule has 4 aromatic rings. The number of nitrogens with zero attached hydrogens (tertiary/aromatic N) is 2. The average molecular weight is 449 g/mol. The second-order valence-electron chi connectivity index (χ2n) is 6.15. The molecular weight excluding hydrogens is 432 g/mol. The van der Waals surface area contributed by atoms with E-state index in [0.29, 0.717) is 11.2 Å². The van der Waals surface area contributed by atoms with Gasteiger partial charge in [-0.1, -0.05) is 17.8 Å². The van der Waals surface area contributed by atoms with Crippen LogP contribution in [0.25, 0.3) is 20.7 Å². The van der Waals surface area contributed by atoms with Gasteiger partial charge in [0, 0.05) is 20.7 Å². The summed E-state index contributed by atoms with van der Waals surface area (Å²) >= 11 is 6.05. The molecule has 0 aromatic carbocycles. The molecule has 1 atom stereocenters. The van der Waals surface area contributed by atoms with Crippen LogP contribution in [0.5, 0.6) is 0 Å². The summed E-state index contributed by atoms with van der Waals surface area (Å²) in [7, 11) is 0. The van der Waals surface area contributed by atoms with Crippen molar-refractivity contribution >= 4 is 61.9 Å². The van der Waals surface area contributed by atoms with Gasteiger partial charge in [0.25, 0.3) is 5.56 Å². The van der Waals surface area contributed by atoms with Crippen molar-refractivity contribution in [3.63, 3.8) is 0 Å². The Hall–Kier alpha value is -2.01. The summed E-state index contributed by atoms with van der Waals surface area (Å²) in [5.41, 5.74) is 6.91. The zero-order valence-corrected chi connectivity index (χ0v) is 18.3. The van der Waals surface area contributed by atoms with Crippen molar-refractivity contribution in [1.29, 1.82) is 0 Å². The van der Waals surface area contributed by atoms with Gasteiger partial charge in [0.15, 0.2) is 4.34 Å². The van der Waals surface area contributed by atoms with Crippen LogP contribution in [0.4, 0.5) is 0 Å². The molecule has 144 valence electrons. The first kappa shape index (κ1) is 19.3. The number of rotatable bonds is 6. The average Bonchev–Trinajstić information content (AvgIpc) is 3.35. The summed E-state index contributed by atoms with van der Waals surface area (Å²) in [6.07, 6.45) is 0.195. The highest BCUT2D eigenvalue weighted by Crippen LogP contribution is 2.38. The first-order valence-electron chi connectivity index (χ1n) is 8.39. The molecule has 4 rings (SSSR count). The predicted octanol–water partition coefficient (Wildman–Crippen LogP) is 4.36. The molecule has 1 amide bonds. The van der Waals surface area contributed by atoms with Gasteiger partial charge in [-0.05, 0) is 25.3 Å². The number of hydrogen-bond donors (Lipinski definition) is 2. The molecule has 4 heterocycles. The number of amides is 1. The zero-order valence-electron chi connectivity index (χ0n) is 15.0. The highest BCUT2D eigenvalue weighted by molar-refractivity contribution is 8.01. The summed E-state index contributed by atoms with van der Waals surface area (Å²) < 4.78 is 0.828. The number of nitrogens with one attached hydrogen (secondary N) is 1. The van der Waals surface area contributed by atoms with E-state index in [1.807, 2.05) is 36.7 Å². The van der Waals surface area contributed by atoms with Gasteiger partial charge in [-0.15, -0.1) is 34.0 Å². The number of H-pyrrole nitrogens is 1. The van der Waals surface area contributed by atoms with Crippen molar-refractivity contribution in [3.05, 3.63) is 49.6 Å². The molecule has 10 heteroatoms. The van der Waals surface area contributed by atoms with Crippen LogP contribution in [0.15, 0.2) is 32.0 Å². The lowest BCUT2D eigenvalue weighted by Gasteiger charge is -2.08. The largest absolute Gasteiger partial charge is 0.369 e. The number of fused-ring (bicyclic) bond motifs is 1. The molecule has 0 saturated carbocycles. The monoisotopic (exact) mass is 448 g/mol. The molecule has 0 bridgehead atoms. The maximum absolute atomic E-state index is 12.8. The van der Waals surface area contributed by atoms with Gasteiger partial charge in [-0.3, -0.25) is 9.59 Å². The van der Waals surface area contributed by atoms with Gasteiger partial charge in [-0.2, -0.15) is 0 Å². The van der Waals surface area contributed by atoms with Gasteiger partial charge in [0.1, 0.15) is 10.7 Å². The Kier molecular flexibility index (Phi) is 5.37. The fourth-order valence-corrected chi connectivity index (χ4v) is 6.97. The summed E-state index contributed by atoms with van der Waals surface area (Å²) in [5.74, 6) is 0.249. The van der Waals surface area contributed by atoms with Crippen molar-refractivity contribution in [2.24, 2.45) is 5.73 Å². The molecule has 28 heavy (non-hydrogen) atoms. The zero-order chi connectivity index (χ0) is 19.8. The van der Waals surface area contributed by atoms with Crippen LogP contribution >= 0.6 is 45.8 Å². The first-order chi connectivity index (χ1) is 13.4. The van der Waals surface area contributed by atoms with Gasteiger partial charge in [0.05, 0.1) is 22.8 Å². The number of thiophene rings is 2. The van der Waals surface area contributed by atoms with E-state index >= 15 is 0 Å². The van der Waals surface area contributed by atoms with E-state index in [0.717, 1.165) is 30.2 Å². The summed E-state index contributed by atoms with van der Waals surface area (Å²) in [6.45, 7) is 3.85. The van der Waals surface area contributed by atoms with Crippen LogP contribution in [-0.4, -0.2) is 20.9 Å². The van der Waals surface area contributed by atoms with Crippen molar-refractivity contribution in [2.75, 3.05) is 0 Å². The number of thiazole rings is 1. The fraction of sp³-hybridized carbons (Fsp3) is 0.222. The molecule has 4 aromatic heterocycles. The standard InChI is InChI=1S/C18H16N4O2S4/c1-8-12(6-13(19)23)28-18(20-8)27-9(2)15-21-16(24)14-10(7-26-17(14)22-15)11-4-3-5-25-11/h3-5,7,9H,6H2,1-2H3,(H2,19,23)(H,21,22,24). The molecule has 0 spiro atoms. The number of nitrogens with two attached hydrogens (primary N) is 1. The van der Waals surface area contributed by atoms with E-state index in [2.05, 4.69) is 15.0 Å². The molecule has 0 aliphatic carbocycles. The molecule has 0 aliphatic heterocycles. The van der Waals surface area contributed by atoms with Crippen molar-refractivity contribution in [3.8, 4) is 10.4 Å². The van der Waals surface area contributed by atoms with Crippen LogP contribution in [0.1, 0.15) is 28.6 Å². The minimum atomic E-state index is -0.368. The maximum atomic E-state index is 12.8. The Balaban J connectivity index is 1.62. The maximum Gasteiger partial charge on any atom is 0.260 e. The minimum absolute atomic E-state index is 0.0867. The number of thioether (sulfide) groups is 1. The van der Waals surface area contributed by atoms with Gasteiger partial charge in [-0.25, -0.2) is 9.97 Å². The molecule has 0 radical (unpaired) electrons. The summed E-state index contributed by atoms with van der Waals surface area (Å²) in [5, 5.41) is 4.54. The number of aryl methyl sites for hydroxylation is 1. The fourth-order valence-electron chi connectivity index (χ4n) is 2.75. The van der Waals surface area contributed by atoms with Gasteiger partial charge >= 0.3 is 0 Å². The Morgan fingerprint density at radius 3 is 2.89 bits per heavy atom. The smallest absolute Gasteiger partial charge is 0.260 e. The molecule has 0 aliphatic rings. The van der Waals surface area contributed by atoms with E-state index < -0.39 is 0 Å². The van der Waals surface area contributed by atoms with Crippen LogP contribution in [-0.2, 0) is 11.2 Å². The Bertz CT molecular complexity index is 1210. The Morgan fingerprint density at radius 2 is 2.18 bits per heavy atom. The topological polar surface area (TPSA) is 102 Å². The van der Waals surface area contributed by atoms with E-state index in [4.69, 9.17) is 5.73 Å². The lowest BCUT2D eigenvalue weighted by Crippen LogP contribution is -2.13. The molecule has 0 fully saturated rings. The molecule has 0 saturated heterocycles. The van der Waals surface area contributed by atoms with Crippen LogP contribution in [0.3, 0.4) is 0 Å². The predicted molar refractivity (Wildman–Crippen MR) is 118 cm³/mol. The number of aromatic amines is 1. The second-order valence-corrected chi connectivity index (χ2v) is 10.6. The van der Waals surface area contributed by atoms with E-state index in [9.17, 15) is 9.59 Å². The lowest BCUT2D eigenvalue weighted by atomic mass is 10.2. The molecular formula is C18H16N4O2S4. The lowest BCUT2D eigenvalue weighted by molar-refractivity contribution is -0.117. The van der Waals surface area contributed by atoms with E-state index in [-0.39, 0.29) is 23.1 Å². The number of primary amides is 1. The molecule has 6 nitrogen and oxygen atoms in total. The third-order valence-corrected chi connectivity index (χ3v) is 8.26. The third-order valence-electron chi connectivity index (χ3n) is 4.12. The Labute approximate surface area is 176 Å². The van der Waals surface area contributed by atoms with E-state index in [1.54, 1.807) is 11.3 Å².